The van der Waals surface area contributed by atoms with Gasteiger partial charge < -0.3 is 25.2 Å². The van der Waals surface area contributed by atoms with E-state index >= 15 is 0 Å². The molecule has 1 aromatic carbocycles. The van der Waals surface area contributed by atoms with Crippen LogP contribution in [0.3, 0.4) is 0 Å². The predicted octanol–water partition coefficient (Wildman–Crippen LogP) is 3.90. The lowest BCUT2D eigenvalue weighted by molar-refractivity contribution is -0.134. The molecule has 6 rings (SSSR count). The number of likely N-dealkylation sites (tertiary alicyclic amines) is 1. The maximum Gasteiger partial charge on any atom is 0.255 e. The van der Waals surface area contributed by atoms with Crippen molar-refractivity contribution >= 4 is 11.8 Å². The van der Waals surface area contributed by atoms with Crippen LogP contribution >= 0.6 is 0 Å². The molecule has 2 saturated heterocycles. The highest BCUT2D eigenvalue weighted by Gasteiger charge is 2.45. The van der Waals surface area contributed by atoms with Gasteiger partial charge in [0.15, 0.2) is 0 Å². The fourth-order valence-corrected chi connectivity index (χ4v) is 7.57. The monoisotopic (exact) mass is 575 g/mol. The maximum absolute atomic E-state index is 14.0. The number of alkyl halides is 2. The molecule has 0 radical (unpaired) electrons. The Morgan fingerprint density at radius 3 is 2.56 bits per heavy atom. The van der Waals surface area contributed by atoms with E-state index in [1.807, 2.05) is 23.1 Å². The summed E-state index contributed by atoms with van der Waals surface area (Å²) in [4.78, 5) is 29.1. The van der Waals surface area contributed by atoms with Crippen molar-refractivity contribution in [3.05, 3.63) is 29.3 Å². The summed E-state index contributed by atoms with van der Waals surface area (Å²) in [6.45, 7) is 0.968. The highest BCUT2D eigenvalue weighted by Crippen LogP contribution is 2.39. The number of carbonyl (C=O) groups excluding carboxylic acids is 2. The molecule has 0 aromatic heterocycles. The summed E-state index contributed by atoms with van der Waals surface area (Å²) < 4.78 is 40.3. The van der Waals surface area contributed by atoms with E-state index in [1.54, 1.807) is 0 Å². The van der Waals surface area contributed by atoms with Crippen molar-refractivity contribution in [3.63, 3.8) is 0 Å². The zero-order valence-electron chi connectivity index (χ0n) is 23.7. The quantitative estimate of drug-likeness (QED) is 0.495. The van der Waals surface area contributed by atoms with E-state index in [1.165, 1.54) is 18.4 Å². The molecule has 2 aliphatic carbocycles. The van der Waals surface area contributed by atoms with Crippen molar-refractivity contribution < 1.29 is 33.0 Å². The van der Waals surface area contributed by atoms with Gasteiger partial charge in [-0.3, -0.25) is 14.5 Å². The molecule has 4 fully saturated rings. The van der Waals surface area contributed by atoms with Gasteiger partial charge in [-0.1, -0.05) is 18.9 Å². The molecular formula is C31H43F2N3O5. The van der Waals surface area contributed by atoms with E-state index in [4.69, 9.17) is 9.47 Å². The van der Waals surface area contributed by atoms with Crippen LogP contribution in [-0.2, 0) is 9.53 Å². The number of halogens is 2. The maximum atomic E-state index is 14.0. The summed E-state index contributed by atoms with van der Waals surface area (Å²) in [5.41, 5.74) is 1.66. The number of fused-ring (bicyclic) bond motifs is 5. The third-order valence-corrected chi connectivity index (χ3v) is 9.97. The Hall–Kier alpha value is -2.30. The first kappa shape index (κ1) is 28.8. The van der Waals surface area contributed by atoms with Gasteiger partial charge in [0.05, 0.1) is 30.4 Å². The van der Waals surface area contributed by atoms with Gasteiger partial charge >= 0.3 is 0 Å². The Morgan fingerprint density at radius 1 is 1.00 bits per heavy atom. The highest BCUT2D eigenvalue weighted by atomic mass is 19.3. The number of carbonyl (C=O) groups is 2. The minimum Gasteiger partial charge on any atom is -0.493 e. The molecule has 0 unspecified atom stereocenters. The summed E-state index contributed by atoms with van der Waals surface area (Å²) in [5, 5.41) is 16.7. The number of aliphatic hydroxyl groups is 1. The Balaban J connectivity index is 1.26. The first-order valence-electron chi connectivity index (χ1n) is 15.6. The molecule has 2 saturated carbocycles. The Morgan fingerprint density at radius 2 is 1.78 bits per heavy atom. The number of amides is 2. The van der Waals surface area contributed by atoms with Crippen molar-refractivity contribution in [1.29, 1.82) is 0 Å². The van der Waals surface area contributed by atoms with E-state index in [0.717, 1.165) is 12.8 Å². The van der Waals surface area contributed by atoms with Crippen LogP contribution in [0.4, 0.5) is 8.78 Å². The number of ether oxygens (including phenoxy) is 2. The lowest BCUT2D eigenvalue weighted by atomic mass is 9.90. The Labute approximate surface area is 240 Å². The topological polar surface area (TPSA) is 100 Å². The fraction of sp³-hybridized carbons (Fsp3) is 0.742. The zero-order chi connectivity index (χ0) is 28.6. The molecule has 10 heteroatoms. The largest absolute Gasteiger partial charge is 0.493 e. The molecule has 5 atom stereocenters. The SMILES string of the molecule is O=C1N[C@H]2C[C@@H](C(=O)NC[C@H]3O[C@H](CCOc4cc(C5CCCC5)ccc41)CC[C@@H]3O)N(C1CCC(F)(F)CC1)C2. The average molecular weight is 576 g/mol. The van der Waals surface area contributed by atoms with E-state index in [0.29, 0.717) is 68.9 Å². The minimum absolute atomic E-state index is 0.125. The second-order valence-electron chi connectivity index (χ2n) is 12.8. The first-order chi connectivity index (χ1) is 19.8. The van der Waals surface area contributed by atoms with Crippen LogP contribution in [0.25, 0.3) is 0 Å². The van der Waals surface area contributed by atoms with Crippen LogP contribution in [0.5, 0.6) is 5.75 Å². The van der Waals surface area contributed by atoms with Crippen molar-refractivity contribution in [1.82, 2.24) is 15.5 Å². The van der Waals surface area contributed by atoms with E-state index < -0.39 is 24.2 Å². The summed E-state index contributed by atoms with van der Waals surface area (Å²) in [5.74, 6) is -2.09. The van der Waals surface area contributed by atoms with Gasteiger partial charge in [0.25, 0.3) is 5.91 Å². The Bertz CT molecular complexity index is 1100. The summed E-state index contributed by atoms with van der Waals surface area (Å²) in [6.07, 6.45) is 5.86. The average Bonchev–Trinajstić information content (AvgIpc) is 3.63. The summed E-state index contributed by atoms with van der Waals surface area (Å²) in [7, 11) is 0. The third kappa shape index (κ3) is 6.54. The molecule has 2 amide bonds. The van der Waals surface area contributed by atoms with Crippen LogP contribution in [0.1, 0.15) is 98.9 Å². The van der Waals surface area contributed by atoms with Crippen LogP contribution in [0, 0.1) is 0 Å². The second-order valence-corrected chi connectivity index (χ2v) is 12.8. The fourth-order valence-electron chi connectivity index (χ4n) is 7.57. The molecule has 3 N–H and O–H groups in total. The molecule has 41 heavy (non-hydrogen) atoms. The molecule has 3 aliphatic heterocycles. The summed E-state index contributed by atoms with van der Waals surface area (Å²) >= 11 is 0. The van der Waals surface area contributed by atoms with Gasteiger partial charge in [0.1, 0.15) is 11.9 Å². The standard InChI is InChI=1S/C31H43F2N3O5/c32-31(33)12-9-22(10-13-31)36-18-21-16-25(36)30(39)34-17-28-26(37)8-6-23(41-28)11-14-40-27-15-20(19-3-1-2-4-19)5-7-24(27)29(38)35-21/h5,7,15,19,21-23,25-26,28,37H,1-4,6,8-14,16-18H2,(H,34,39)(H,35,38)/t21-,23-,25-,26-,28+/m0/s1. The van der Waals surface area contributed by atoms with Crippen LogP contribution < -0.4 is 15.4 Å². The number of nitrogens with zero attached hydrogens (tertiary/aromatic N) is 1. The van der Waals surface area contributed by atoms with Gasteiger partial charge in [0, 0.05) is 44.4 Å². The van der Waals surface area contributed by atoms with Crippen molar-refractivity contribution in [2.45, 2.75) is 125 Å². The van der Waals surface area contributed by atoms with Crippen LogP contribution in [0.2, 0.25) is 0 Å². The van der Waals surface area contributed by atoms with E-state index in [2.05, 4.69) is 10.6 Å². The van der Waals surface area contributed by atoms with Gasteiger partial charge in [-0.05, 0) is 68.6 Å². The minimum atomic E-state index is -2.67. The van der Waals surface area contributed by atoms with E-state index in [9.17, 15) is 23.5 Å². The summed E-state index contributed by atoms with van der Waals surface area (Å²) in [6, 6.07) is 4.89. The molecule has 5 aliphatic rings. The van der Waals surface area contributed by atoms with Gasteiger partial charge in [-0.2, -0.15) is 0 Å². The molecule has 0 spiro atoms. The highest BCUT2D eigenvalue weighted by molar-refractivity contribution is 5.97. The number of hydrogen-bond donors (Lipinski definition) is 3. The molecule has 3 heterocycles. The van der Waals surface area contributed by atoms with Gasteiger partial charge in [0.2, 0.25) is 11.8 Å². The molecule has 1 aromatic rings. The number of hydrogen-bond acceptors (Lipinski definition) is 6. The van der Waals surface area contributed by atoms with Gasteiger partial charge in [-0.25, -0.2) is 8.78 Å². The van der Waals surface area contributed by atoms with Crippen molar-refractivity contribution in [3.8, 4) is 5.75 Å². The van der Waals surface area contributed by atoms with Crippen molar-refractivity contribution in [2.75, 3.05) is 19.7 Å². The second kappa shape index (κ2) is 12.1. The zero-order valence-corrected chi connectivity index (χ0v) is 23.7. The smallest absolute Gasteiger partial charge is 0.255 e. The van der Waals surface area contributed by atoms with E-state index in [-0.39, 0.29) is 49.4 Å². The van der Waals surface area contributed by atoms with Crippen LogP contribution in [0.15, 0.2) is 18.2 Å². The molecule has 226 valence electrons. The van der Waals surface area contributed by atoms with Crippen molar-refractivity contribution in [2.24, 2.45) is 0 Å². The Kier molecular flexibility index (Phi) is 8.52. The predicted molar refractivity (Wildman–Crippen MR) is 148 cm³/mol. The molecular weight excluding hydrogens is 532 g/mol. The normalized spacial score (nSPS) is 34.0. The lowest BCUT2D eigenvalue weighted by Crippen LogP contribution is -2.52. The van der Waals surface area contributed by atoms with Crippen LogP contribution in [-0.4, -0.2) is 83.9 Å². The number of aliphatic hydroxyl groups excluding tert-OH is 1. The van der Waals surface area contributed by atoms with Gasteiger partial charge in [-0.15, -0.1) is 0 Å². The number of rotatable bonds is 2. The number of nitrogens with one attached hydrogen (secondary N) is 2. The molecule has 8 nitrogen and oxygen atoms in total. The number of benzene rings is 1. The molecule has 4 bridgehead atoms. The lowest BCUT2D eigenvalue weighted by Gasteiger charge is -2.38. The first-order valence-corrected chi connectivity index (χ1v) is 15.6. The third-order valence-electron chi connectivity index (χ3n) is 9.97.